The molecule has 0 aliphatic heterocycles. The van der Waals surface area contributed by atoms with Crippen LogP contribution in [0.15, 0.2) is 30.5 Å². The molecule has 19 heavy (non-hydrogen) atoms. The lowest BCUT2D eigenvalue weighted by atomic mass is 10.2. The van der Waals surface area contributed by atoms with Gasteiger partial charge in [0.05, 0.1) is 11.2 Å². The van der Waals surface area contributed by atoms with E-state index in [1.165, 1.54) is 6.07 Å². The molecule has 0 aliphatic carbocycles. The SMILES string of the molecule is CNCc1cc(F)cnc1Oc1ccc(C)cc1Cl. The molecule has 1 heterocycles. The Hall–Kier alpha value is -1.65. The largest absolute Gasteiger partial charge is 0.437 e. The number of hydrogen-bond acceptors (Lipinski definition) is 3. The van der Waals surface area contributed by atoms with Crippen LogP contribution < -0.4 is 10.1 Å². The molecule has 0 amide bonds. The van der Waals surface area contributed by atoms with E-state index in [4.69, 9.17) is 16.3 Å². The van der Waals surface area contributed by atoms with Crippen LogP contribution in [0.25, 0.3) is 0 Å². The summed E-state index contributed by atoms with van der Waals surface area (Å²) >= 11 is 6.10. The molecule has 2 rings (SSSR count). The van der Waals surface area contributed by atoms with Crippen molar-refractivity contribution < 1.29 is 9.13 Å². The van der Waals surface area contributed by atoms with Crippen LogP contribution in [-0.4, -0.2) is 12.0 Å². The molecule has 0 saturated carbocycles. The molecule has 0 radical (unpaired) electrons. The summed E-state index contributed by atoms with van der Waals surface area (Å²) in [5.74, 6) is 0.456. The highest BCUT2D eigenvalue weighted by molar-refractivity contribution is 6.32. The van der Waals surface area contributed by atoms with Gasteiger partial charge in [0.15, 0.2) is 0 Å². The van der Waals surface area contributed by atoms with Gasteiger partial charge in [-0.3, -0.25) is 0 Å². The number of halogens is 2. The fraction of sp³-hybridized carbons (Fsp3) is 0.214. The molecule has 0 atom stereocenters. The van der Waals surface area contributed by atoms with Crippen LogP contribution >= 0.6 is 11.6 Å². The molecular formula is C14H14ClFN2O. The van der Waals surface area contributed by atoms with Gasteiger partial charge >= 0.3 is 0 Å². The van der Waals surface area contributed by atoms with Gasteiger partial charge in [0, 0.05) is 12.1 Å². The minimum Gasteiger partial charge on any atom is -0.437 e. The molecule has 0 spiro atoms. The number of hydrogen-bond donors (Lipinski definition) is 1. The summed E-state index contributed by atoms with van der Waals surface area (Å²) in [6.45, 7) is 2.40. The number of pyridine rings is 1. The van der Waals surface area contributed by atoms with E-state index in [1.807, 2.05) is 13.0 Å². The van der Waals surface area contributed by atoms with E-state index in [2.05, 4.69) is 10.3 Å². The van der Waals surface area contributed by atoms with Crippen molar-refractivity contribution in [3.05, 3.63) is 52.4 Å². The Balaban J connectivity index is 2.32. The molecule has 1 aromatic heterocycles. The van der Waals surface area contributed by atoms with Gasteiger partial charge in [-0.1, -0.05) is 17.7 Å². The molecule has 0 saturated heterocycles. The first kappa shape index (κ1) is 13.8. The summed E-state index contributed by atoms with van der Waals surface area (Å²) in [6, 6.07) is 6.85. The van der Waals surface area contributed by atoms with Crippen LogP contribution in [0, 0.1) is 12.7 Å². The first-order chi connectivity index (χ1) is 9.10. The van der Waals surface area contributed by atoms with Gasteiger partial charge in [0.25, 0.3) is 0 Å². The molecule has 1 aromatic carbocycles. The van der Waals surface area contributed by atoms with Crippen molar-refractivity contribution >= 4 is 11.6 Å². The van der Waals surface area contributed by atoms with Crippen molar-refractivity contribution in [1.29, 1.82) is 0 Å². The van der Waals surface area contributed by atoms with E-state index < -0.39 is 5.82 Å². The number of nitrogens with zero attached hydrogens (tertiary/aromatic N) is 1. The minimum absolute atomic E-state index is 0.349. The molecule has 0 bridgehead atoms. The van der Waals surface area contributed by atoms with Gasteiger partial charge in [-0.2, -0.15) is 0 Å². The van der Waals surface area contributed by atoms with Crippen molar-refractivity contribution in [2.45, 2.75) is 13.5 Å². The molecule has 2 aromatic rings. The molecule has 100 valence electrons. The van der Waals surface area contributed by atoms with Crippen molar-refractivity contribution in [2.75, 3.05) is 7.05 Å². The molecule has 1 N–H and O–H groups in total. The molecule has 0 unspecified atom stereocenters. The first-order valence-corrected chi connectivity index (χ1v) is 6.21. The lowest BCUT2D eigenvalue weighted by molar-refractivity contribution is 0.450. The van der Waals surface area contributed by atoms with E-state index in [0.29, 0.717) is 28.8 Å². The highest BCUT2D eigenvalue weighted by atomic mass is 35.5. The Morgan fingerprint density at radius 1 is 1.37 bits per heavy atom. The summed E-state index contributed by atoms with van der Waals surface area (Å²) in [7, 11) is 1.77. The third-order valence-electron chi connectivity index (χ3n) is 2.55. The second-order valence-electron chi connectivity index (χ2n) is 4.18. The molecule has 0 fully saturated rings. The van der Waals surface area contributed by atoms with Gasteiger partial charge < -0.3 is 10.1 Å². The van der Waals surface area contributed by atoms with Crippen molar-refractivity contribution in [2.24, 2.45) is 0 Å². The molecular weight excluding hydrogens is 267 g/mol. The maximum Gasteiger partial charge on any atom is 0.223 e. The van der Waals surface area contributed by atoms with Crippen LogP contribution in [0.1, 0.15) is 11.1 Å². The van der Waals surface area contributed by atoms with E-state index in [1.54, 1.807) is 19.2 Å². The van der Waals surface area contributed by atoms with Crippen LogP contribution in [0.3, 0.4) is 0 Å². The quantitative estimate of drug-likeness (QED) is 0.927. The summed E-state index contributed by atoms with van der Waals surface area (Å²) in [6.07, 6.45) is 1.12. The lowest BCUT2D eigenvalue weighted by Crippen LogP contribution is -2.08. The summed E-state index contributed by atoms with van der Waals surface area (Å²) in [4.78, 5) is 3.96. The Morgan fingerprint density at radius 3 is 2.84 bits per heavy atom. The van der Waals surface area contributed by atoms with Crippen LogP contribution in [0.4, 0.5) is 4.39 Å². The number of rotatable bonds is 4. The zero-order valence-electron chi connectivity index (χ0n) is 10.7. The van der Waals surface area contributed by atoms with Gasteiger partial charge in [-0.25, -0.2) is 9.37 Å². The summed E-state index contributed by atoms with van der Waals surface area (Å²) in [5, 5.41) is 3.44. The standard InChI is InChI=1S/C14H14ClFN2O/c1-9-3-4-13(12(15)5-9)19-14-10(7-17-2)6-11(16)8-18-14/h3-6,8,17H,7H2,1-2H3. The third kappa shape index (κ3) is 3.43. The first-order valence-electron chi connectivity index (χ1n) is 5.83. The van der Waals surface area contributed by atoms with E-state index >= 15 is 0 Å². The highest BCUT2D eigenvalue weighted by Crippen LogP contribution is 2.30. The Kier molecular flexibility index (Phi) is 4.35. The van der Waals surface area contributed by atoms with Crippen LogP contribution in [0.2, 0.25) is 5.02 Å². The smallest absolute Gasteiger partial charge is 0.223 e. The van der Waals surface area contributed by atoms with Crippen molar-refractivity contribution in [1.82, 2.24) is 10.3 Å². The number of benzene rings is 1. The topological polar surface area (TPSA) is 34.2 Å². The second-order valence-corrected chi connectivity index (χ2v) is 4.59. The Labute approximate surface area is 116 Å². The van der Waals surface area contributed by atoms with E-state index in [9.17, 15) is 4.39 Å². The number of nitrogens with one attached hydrogen (secondary N) is 1. The Bertz CT molecular complexity index is 590. The maximum atomic E-state index is 13.2. The van der Waals surface area contributed by atoms with Crippen LogP contribution in [-0.2, 0) is 6.54 Å². The summed E-state index contributed by atoms with van der Waals surface area (Å²) in [5.41, 5.74) is 1.68. The minimum atomic E-state index is -0.396. The lowest BCUT2D eigenvalue weighted by Gasteiger charge is -2.11. The monoisotopic (exact) mass is 280 g/mol. The van der Waals surface area contributed by atoms with Crippen molar-refractivity contribution in [3.63, 3.8) is 0 Å². The van der Waals surface area contributed by atoms with Crippen molar-refractivity contribution in [3.8, 4) is 11.6 Å². The fourth-order valence-electron chi connectivity index (χ4n) is 1.67. The van der Waals surface area contributed by atoms with Crippen LogP contribution in [0.5, 0.6) is 11.6 Å². The normalized spacial score (nSPS) is 10.5. The van der Waals surface area contributed by atoms with Gasteiger partial charge in [-0.05, 0) is 37.7 Å². The third-order valence-corrected chi connectivity index (χ3v) is 2.85. The average Bonchev–Trinajstić information content (AvgIpc) is 2.36. The number of aryl methyl sites for hydroxylation is 1. The molecule has 5 heteroatoms. The molecule has 3 nitrogen and oxygen atoms in total. The maximum absolute atomic E-state index is 13.2. The van der Waals surface area contributed by atoms with Gasteiger partial charge in [0.1, 0.15) is 11.6 Å². The zero-order valence-corrected chi connectivity index (χ0v) is 11.5. The van der Waals surface area contributed by atoms with E-state index in [0.717, 1.165) is 11.8 Å². The average molecular weight is 281 g/mol. The van der Waals surface area contributed by atoms with Gasteiger partial charge in [-0.15, -0.1) is 0 Å². The van der Waals surface area contributed by atoms with E-state index in [-0.39, 0.29) is 0 Å². The fourth-order valence-corrected chi connectivity index (χ4v) is 1.94. The highest BCUT2D eigenvalue weighted by Gasteiger charge is 2.10. The number of aromatic nitrogens is 1. The Morgan fingerprint density at radius 2 is 2.16 bits per heavy atom. The summed E-state index contributed by atoms with van der Waals surface area (Å²) < 4.78 is 18.8. The second kappa shape index (κ2) is 5.99. The van der Waals surface area contributed by atoms with Gasteiger partial charge in [0.2, 0.25) is 5.88 Å². The zero-order chi connectivity index (χ0) is 13.8. The predicted octanol–water partition coefficient (Wildman–Crippen LogP) is 3.69. The number of ether oxygens (including phenoxy) is 1. The molecule has 0 aliphatic rings. The predicted molar refractivity (Wildman–Crippen MR) is 73.2 cm³/mol.